The molecule has 0 atom stereocenters. The molecule has 0 radical (unpaired) electrons. The molecule has 0 spiro atoms. The van der Waals surface area contributed by atoms with Gasteiger partial charge >= 0.3 is 0 Å². The van der Waals surface area contributed by atoms with E-state index in [4.69, 9.17) is 0 Å². The quantitative estimate of drug-likeness (QED) is 0.815. The van der Waals surface area contributed by atoms with Crippen molar-refractivity contribution in [3.63, 3.8) is 0 Å². The topological polar surface area (TPSA) is 50.4 Å². The molecule has 4 heteroatoms. The first-order chi connectivity index (χ1) is 7.25. The SMILES string of the molecule is OC1(CCc2cnc3ccnn3c2)CC1. The van der Waals surface area contributed by atoms with Gasteiger partial charge in [-0.05, 0) is 31.2 Å². The summed E-state index contributed by atoms with van der Waals surface area (Å²) in [5.41, 5.74) is 1.62. The van der Waals surface area contributed by atoms with Crippen molar-refractivity contribution < 1.29 is 5.11 Å². The first-order valence-electron chi connectivity index (χ1n) is 5.26. The summed E-state index contributed by atoms with van der Waals surface area (Å²) in [4.78, 5) is 4.28. The number of aryl methyl sites for hydroxylation is 1. The van der Waals surface area contributed by atoms with Crippen LogP contribution in [0.3, 0.4) is 0 Å². The van der Waals surface area contributed by atoms with E-state index >= 15 is 0 Å². The molecule has 15 heavy (non-hydrogen) atoms. The van der Waals surface area contributed by atoms with Gasteiger partial charge < -0.3 is 5.11 Å². The maximum absolute atomic E-state index is 9.72. The van der Waals surface area contributed by atoms with Crippen LogP contribution >= 0.6 is 0 Å². The molecule has 3 rings (SSSR count). The lowest BCUT2D eigenvalue weighted by Gasteiger charge is -2.06. The average Bonchev–Trinajstić information content (AvgIpc) is 2.80. The highest BCUT2D eigenvalue weighted by Crippen LogP contribution is 2.39. The maximum Gasteiger partial charge on any atom is 0.154 e. The Bertz CT molecular complexity index is 487. The molecule has 78 valence electrons. The fourth-order valence-electron chi connectivity index (χ4n) is 1.75. The first kappa shape index (κ1) is 8.85. The van der Waals surface area contributed by atoms with Crippen LogP contribution < -0.4 is 0 Å². The van der Waals surface area contributed by atoms with Crippen LogP contribution in [0.1, 0.15) is 24.8 Å². The summed E-state index contributed by atoms with van der Waals surface area (Å²) in [7, 11) is 0. The highest BCUT2D eigenvalue weighted by molar-refractivity contribution is 5.35. The van der Waals surface area contributed by atoms with Gasteiger partial charge in [0.1, 0.15) is 0 Å². The Balaban J connectivity index is 1.78. The highest BCUT2D eigenvalue weighted by Gasteiger charge is 2.39. The van der Waals surface area contributed by atoms with Gasteiger partial charge in [-0.25, -0.2) is 9.50 Å². The Labute approximate surface area is 87.6 Å². The lowest BCUT2D eigenvalue weighted by Crippen LogP contribution is -2.08. The van der Waals surface area contributed by atoms with Crippen LogP contribution in [-0.4, -0.2) is 25.3 Å². The zero-order valence-corrected chi connectivity index (χ0v) is 8.43. The lowest BCUT2D eigenvalue weighted by molar-refractivity contribution is 0.140. The van der Waals surface area contributed by atoms with Crippen LogP contribution in [0.25, 0.3) is 5.65 Å². The minimum atomic E-state index is -0.376. The Hall–Kier alpha value is -1.42. The standard InChI is InChI=1S/C11H13N3O/c15-11(4-5-11)3-1-9-7-12-10-2-6-13-14(10)8-9/h2,6-8,15H,1,3-5H2. The second kappa shape index (κ2) is 3.03. The van der Waals surface area contributed by atoms with Crippen LogP contribution in [0.4, 0.5) is 0 Å². The molecule has 0 saturated heterocycles. The van der Waals surface area contributed by atoms with Crippen molar-refractivity contribution in [1.82, 2.24) is 14.6 Å². The number of hydrogen-bond acceptors (Lipinski definition) is 3. The Morgan fingerprint density at radius 3 is 3.13 bits per heavy atom. The second-order valence-electron chi connectivity index (χ2n) is 4.32. The summed E-state index contributed by atoms with van der Waals surface area (Å²) in [5.74, 6) is 0. The molecule has 0 aliphatic heterocycles. The van der Waals surface area contributed by atoms with Crippen molar-refractivity contribution in [2.75, 3.05) is 0 Å². The van der Waals surface area contributed by atoms with Gasteiger partial charge in [-0.3, -0.25) is 0 Å². The maximum atomic E-state index is 9.72. The minimum absolute atomic E-state index is 0.376. The summed E-state index contributed by atoms with van der Waals surface area (Å²) in [5, 5.41) is 13.9. The number of rotatable bonds is 3. The molecule has 0 aromatic carbocycles. The predicted molar refractivity (Wildman–Crippen MR) is 55.5 cm³/mol. The molecule has 1 aliphatic carbocycles. The van der Waals surface area contributed by atoms with E-state index in [1.165, 1.54) is 0 Å². The van der Waals surface area contributed by atoms with Gasteiger partial charge in [-0.15, -0.1) is 0 Å². The van der Waals surface area contributed by atoms with Crippen molar-refractivity contribution in [2.24, 2.45) is 0 Å². The Morgan fingerprint density at radius 2 is 2.33 bits per heavy atom. The molecular weight excluding hydrogens is 190 g/mol. The fourth-order valence-corrected chi connectivity index (χ4v) is 1.75. The molecule has 1 N–H and O–H groups in total. The highest BCUT2D eigenvalue weighted by atomic mass is 16.3. The molecule has 2 heterocycles. The number of hydrogen-bond donors (Lipinski definition) is 1. The van der Waals surface area contributed by atoms with E-state index in [1.807, 2.05) is 18.5 Å². The van der Waals surface area contributed by atoms with Crippen LogP contribution in [0, 0.1) is 0 Å². The number of aromatic nitrogens is 3. The smallest absolute Gasteiger partial charge is 0.154 e. The van der Waals surface area contributed by atoms with E-state index in [9.17, 15) is 5.11 Å². The zero-order chi connectivity index (χ0) is 10.3. The van der Waals surface area contributed by atoms with Gasteiger partial charge in [-0.2, -0.15) is 5.10 Å². The van der Waals surface area contributed by atoms with Crippen LogP contribution in [-0.2, 0) is 6.42 Å². The predicted octanol–water partition coefficient (Wildman–Crippen LogP) is 1.19. The van der Waals surface area contributed by atoms with Crippen molar-refractivity contribution in [3.8, 4) is 0 Å². The summed E-state index contributed by atoms with van der Waals surface area (Å²) < 4.78 is 1.77. The van der Waals surface area contributed by atoms with Gasteiger partial charge in [0.25, 0.3) is 0 Å². The third-order valence-corrected chi connectivity index (χ3v) is 3.01. The average molecular weight is 203 g/mol. The minimum Gasteiger partial charge on any atom is -0.390 e. The number of fused-ring (bicyclic) bond motifs is 1. The van der Waals surface area contributed by atoms with Gasteiger partial charge in [-0.1, -0.05) is 0 Å². The fraction of sp³-hybridized carbons (Fsp3) is 0.455. The van der Waals surface area contributed by atoms with Crippen molar-refractivity contribution >= 4 is 5.65 Å². The molecule has 4 nitrogen and oxygen atoms in total. The molecule has 0 amide bonds. The third kappa shape index (κ3) is 1.72. The molecule has 0 bridgehead atoms. The van der Waals surface area contributed by atoms with Crippen molar-refractivity contribution in [3.05, 3.63) is 30.2 Å². The van der Waals surface area contributed by atoms with E-state index in [1.54, 1.807) is 10.7 Å². The molecule has 0 unspecified atom stereocenters. The first-order valence-corrected chi connectivity index (χ1v) is 5.26. The zero-order valence-electron chi connectivity index (χ0n) is 8.43. The normalized spacial score (nSPS) is 18.2. The van der Waals surface area contributed by atoms with E-state index in [-0.39, 0.29) is 5.60 Å². The summed E-state index contributed by atoms with van der Waals surface area (Å²) >= 11 is 0. The molecule has 1 saturated carbocycles. The molecule has 2 aromatic heterocycles. The lowest BCUT2D eigenvalue weighted by atomic mass is 10.1. The van der Waals surface area contributed by atoms with Crippen LogP contribution in [0.5, 0.6) is 0 Å². The Morgan fingerprint density at radius 1 is 1.47 bits per heavy atom. The Kier molecular flexibility index (Phi) is 1.79. The third-order valence-electron chi connectivity index (χ3n) is 3.01. The van der Waals surface area contributed by atoms with Gasteiger partial charge in [0.2, 0.25) is 0 Å². The molecular formula is C11H13N3O. The van der Waals surface area contributed by atoms with E-state index in [0.29, 0.717) is 0 Å². The second-order valence-corrected chi connectivity index (χ2v) is 4.32. The summed E-state index contributed by atoms with van der Waals surface area (Å²) in [6.07, 6.45) is 9.19. The monoisotopic (exact) mass is 203 g/mol. The largest absolute Gasteiger partial charge is 0.390 e. The molecule has 1 fully saturated rings. The van der Waals surface area contributed by atoms with Crippen molar-refractivity contribution in [1.29, 1.82) is 0 Å². The molecule has 2 aromatic rings. The van der Waals surface area contributed by atoms with E-state index < -0.39 is 0 Å². The van der Waals surface area contributed by atoms with E-state index in [0.717, 1.165) is 36.9 Å². The number of aliphatic hydroxyl groups is 1. The van der Waals surface area contributed by atoms with Gasteiger partial charge in [0, 0.05) is 18.5 Å². The summed E-state index contributed by atoms with van der Waals surface area (Å²) in [6, 6.07) is 1.87. The van der Waals surface area contributed by atoms with Crippen molar-refractivity contribution in [2.45, 2.75) is 31.3 Å². The van der Waals surface area contributed by atoms with Crippen LogP contribution in [0.15, 0.2) is 24.7 Å². The number of nitrogens with zero attached hydrogens (tertiary/aromatic N) is 3. The van der Waals surface area contributed by atoms with Gasteiger partial charge in [0.05, 0.1) is 11.8 Å². The van der Waals surface area contributed by atoms with Crippen LogP contribution in [0.2, 0.25) is 0 Å². The molecule has 1 aliphatic rings. The van der Waals surface area contributed by atoms with Gasteiger partial charge in [0.15, 0.2) is 5.65 Å². The van der Waals surface area contributed by atoms with E-state index in [2.05, 4.69) is 10.1 Å². The summed E-state index contributed by atoms with van der Waals surface area (Å²) in [6.45, 7) is 0.